The largest absolute Gasteiger partial charge is 0.338 e. The molecule has 0 aliphatic carbocycles. The molecule has 0 bridgehead atoms. The molecule has 0 spiro atoms. The van der Waals surface area contributed by atoms with E-state index in [4.69, 9.17) is 11.6 Å². The minimum Gasteiger partial charge on any atom is -0.338 e. The molecule has 0 radical (unpaired) electrons. The van der Waals surface area contributed by atoms with Crippen molar-refractivity contribution in [1.29, 1.82) is 0 Å². The summed E-state index contributed by atoms with van der Waals surface area (Å²) in [5.41, 5.74) is 1.06. The summed E-state index contributed by atoms with van der Waals surface area (Å²) < 4.78 is 15.8. The van der Waals surface area contributed by atoms with Gasteiger partial charge in [0.05, 0.1) is 20.5 Å². The zero-order valence-corrected chi connectivity index (χ0v) is 21.1. The lowest BCUT2D eigenvalue weighted by Crippen LogP contribution is -2.38. The first-order valence-corrected chi connectivity index (χ1v) is 13.1. The van der Waals surface area contributed by atoms with Gasteiger partial charge >= 0.3 is 0 Å². The molecule has 2 amide bonds. The fourth-order valence-corrected chi connectivity index (χ4v) is 5.98. The Balaban J connectivity index is 1.21. The summed E-state index contributed by atoms with van der Waals surface area (Å²) in [6, 6.07) is 10.0. The van der Waals surface area contributed by atoms with Crippen LogP contribution >= 0.6 is 34.3 Å². The van der Waals surface area contributed by atoms with Crippen molar-refractivity contribution in [3.05, 3.63) is 74.3 Å². The molecule has 1 aliphatic heterocycles. The number of anilines is 1. The van der Waals surface area contributed by atoms with Crippen LogP contribution in [-0.4, -0.2) is 44.6 Å². The number of carbonyl (C=O) groups is 2. The second-order valence-corrected chi connectivity index (χ2v) is 10.4. The average Bonchev–Trinajstić information content (AvgIpc) is 3.61. The second-order valence-electron chi connectivity index (χ2n) is 8.20. The molecule has 1 N–H and O–H groups in total. The molecule has 0 atom stereocenters. The first-order valence-electron chi connectivity index (χ1n) is 11.0. The van der Waals surface area contributed by atoms with Crippen molar-refractivity contribution in [1.82, 2.24) is 19.7 Å². The van der Waals surface area contributed by atoms with Gasteiger partial charge in [-0.3, -0.25) is 14.3 Å². The number of thiazole rings is 1. The number of halogens is 2. The fourth-order valence-electron chi connectivity index (χ4n) is 4.08. The molecule has 3 aromatic heterocycles. The van der Waals surface area contributed by atoms with Gasteiger partial charge in [-0.25, -0.2) is 9.37 Å². The van der Waals surface area contributed by atoms with E-state index in [-0.39, 0.29) is 22.4 Å². The van der Waals surface area contributed by atoms with Crippen molar-refractivity contribution in [2.45, 2.75) is 18.8 Å². The first-order chi connectivity index (χ1) is 16.9. The lowest BCUT2D eigenvalue weighted by Gasteiger charge is -2.31. The Labute approximate surface area is 214 Å². The van der Waals surface area contributed by atoms with Crippen LogP contribution in [0.25, 0.3) is 10.6 Å². The van der Waals surface area contributed by atoms with Crippen LogP contribution in [0.2, 0.25) is 5.02 Å². The van der Waals surface area contributed by atoms with E-state index in [9.17, 15) is 14.0 Å². The van der Waals surface area contributed by atoms with E-state index in [1.807, 2.05) is 23.6 Å². The third-order valence-electron chi connectivity index (χ3n) is 5.96. The third kappa shape index (κ3) is 4.86. The van der Waals surface area contributed by atoms with E-state index in [0.29, 0.717) is 37.4 Å². The van der Waals surface area contributed by atoms with E-state index in [0.717, 1.165) is 15.6 Å². The number of benzene rings is 1. The average molecular weight is 530 g/mol. The summed E-state index contributed by atoms with van der Waals surface area (Å²) in [5.74, 6) is -0.592. The number of nitrogens with one attached hydrogen (secondary N) is 1. The zero-order chi connectivity index (χ0) is 24.5. The highest BCUT2D eigenvalue weighted by atomic mass is 35.5. The summed E-state index contributed by atoms with van der Waals surface area (Å²) >= 11 is 9.08. The van der Waals surface area contributed by atoms with Gasteiger partial charge in [0.2, 0.25) is 0 Å². The topological polar surface area (TPSA) is 80.1 Å². The molecule has 0 unspecified atom stereocenters. The molecule has 180 valence electrons. The Bertz CT molecular complexity index is 1360. The first kappa shape index (κ1) is 23.7. The molecular formula is C24H21ClFN5O2S2. The number of carbonyl (C=O) groups excluding carboxylic acids is 2. The quantitative estimate of drug-likeness (QED) is 0.361. The Hall–Kier alpha value is -3.08. The van der Waals surface area contributed by atoms with Crippen LogP contribution in [0.4, 0.5) is 10.2 Å². The van der Waals surface area contributed by atoms with Gasteiger partial charge < -0.3 is 10.2 Å². The van der Waals surface area contributed by atoms with Gasteiger partial charge in [-0.1, -0.05) is 23.7 Å². The van der Waals surface area contributed by atoms with Gasteiger partial charge in [-0.15, -0.1) is 22.7 Å². The number of aryl methyl sites for hydroxylation is 1. The molecule has 4 heterocycles. The predicted octanol–water partition coefficient (Wildman–Crippen LogP) is 5.67. The van der Waals surface area contributed by atoms with Gasteiger partial charge in [0.25, 0.3) is 11.8 Å². The van der Waals surface area contributed by atoms with Crippen molar-refractivity contribution in [3.63, 3.8) is 0 Å². The van der Waals surface area contributed by atoms with Crippen LogP contribution in [0.3, 0.4) is 0 Å². The predicted molar refractivity (Wildman–Crippen MR) is 136 cm³/mol. The highest BCUT2D eigenvalue weighted by Crippen LogP contribution is 2.32. The zero-order valence-electron chi connectivity index (χ0n) is 18.7. The van der Waals surface area contributed by atoms with E-state index in [1.165, 1.54) is 29.5 Å². The van der Waals surface area contributed by atoms with Crippen molar-refractivity contribution < 1.29 is 14.0 Å². The van der Waals surface area contributed by atoms with Gasteiger partial charge in [0, 0.05) is 37.5 Å². The molecule has 35 heavy (non-hydrogen) atoms. The number of hydrogen-bond acceptors (Lipinski definition) is 6. The molecule has 7 nitrogen and oxygen atoms in total. The highest BCUT2D eigenvalue weighted by Gasteiger charge is 2.29. The van der Waals surface area contributed by atoms with E-state index in [1.54, 1.807) is 33.3 Å². The van der Waals surface area contributed by atoms with E-state index < -0.39 is 11.7 Å². The SMILES string of the molecule is Cn1nc(-c2cccs2)cc1NC(=O)c1csc(C2CCN(C(=O)c3c(F)cccc3Cl)CC2)n1. The van der Waals surface area contributed by atoms with Crippen LogP contribution in [0.5, 0.6) is 0 Å². The summed E-state index contributed by atoms with van der Waals surface area (Å²) in [4.78, 5) is 32.8. The summed E-state index contributed by atoms with van der Waals surface area (Å²) in [6.45, 7) is 0.936. The van der Waals surface area contributed by atoms with Crippen LogP contribution in [0, 0.1) is 5.82 Å². The fraction of sp³-hybridized carbons (Fsp3) is 0.250. The number of hydrogen-bond donors (Lipinski definition) is 1. The number of amides is 2. The van der Waals surface area contributed by atoms with E-state index >= 15 is 0 Å². The van der Waals surface area contributed by atoms with Crippen LogP contribution in [0.1, 0.15) is 44.6 Å². The number of nitrogens with zero attached hydrogens (tertiary/aromatic N) is 4. The maximum atomic E-state index is 14.1. The van der Waals surface area contributed by atoms with Crippen molar-refractivity contribution in [2.75, 3.05) is 18.4 Å². The smallest absolute Gasteiger partial charge is 0.276 e. The van der Waals surface area contributed by atoms with Gasteiger partial charge in [-0.05, 0) is 36.4 Å². The maximum Gasteiger partial charge on any atom is 0.276 e. The Morgan fingerprint density at radius 1 is 1.17 bits per heavy atom. The summed E-state index contributed by atoms with van der Waals surface area (Å²) in [6.07, 6.45) is 1.36. The normalized spacial score (nSPS) is 14.3. The van der Waals surface area contributed by atoms with Crippen molar-refractivity contribution in [2.24, 2.45) is 7.05 Å². The monoisotopic (exact) mass is 529 g/mol. The lowest BCUT2D eigenvalue weighted by molar-refractivity contribution is 0.0708. The van der Waals surface area contributed by atoms with Crippen LogP contribution in [0.15, 0.2) is 47.2 Å². The second kappa shape index (κ2) is 9.88. The number of piperidine rings is 1. The van der Waals surface area contributed by atoms with Crippen LogP contribution in [-0.2, 0) is 7.05 Å². The van der Waals surface area contributed by atoms with E-state index in [2.05, 4.69) is 15.4 Å². The van der Waals surface area contributed by atoms with Crippen molar-refractivity contribution >= 4 is 51.9 Å². The third-order valence-corrected chi connectivity index (χ3v) is 8.17. The minimum absolute atomic E-state index is 0.0850. The molecule has 1 aromatic carbocycles. The maximum absolute atomic E-state index is 14.1. The standard InChI is InChI=1S/C24H21ClFN5O2S2/c1-30-20(12-17(29-30)19-6-3-11-34-19)28-22(32)18-13-35-23(27-18)14-7-9-31(10-8-14)24(33)21-15(25)4-2-5-16(21)26/h2-6,11-14H,7-10H2,1H3,(H,28,32). The molecule has 4 aromatic rings. The van der Waals surface area contributed by atoms with Gasteiger partial charge in [0.1, 0.15) is 23.0 Å². The summed E-state index contributed by atoms with van der Waals surface area (Å²) in [5, 5.41) is 12.0. The lowest BCUT2D eigenvalue weighted by atomic mass is 9.97. The Morgan fingerprint density at radius 3 is 2.69 bits per heavy atom. The Kier molecular flexibility index (Phi) is 6.68. The number of rotatable bonds is 5. The number of thiophene rings is 1. The summed E-state index contributed by atoms with van der Waals surface area (Å²) in [7, 11) is 1.78. The van der Waals surface area contributed by atoms with Gasteiger partial charge in [-0.2, -0.15) is 5.10 Å². The molecular weight excluding hydrogens is 509 g/mol. The molecule has 0 saturated carbocycles. The van der Waals surface area contributed by atoms with Crippen LogP contribution < -0.4 is 5.32 Å². The molecule has 1 saturated heterocycles. The van der Waals surface area contributed by atoms with Gasteiger partial charge in [0.15, 0.2) is 0 Å². The number of likely N-dealkylation sites (tertiary alicyclic amines) is 1. The van der Waals surface area contributed by atoms with Crippen molar-refractivity contribution in [3.8, 4) is 10.6 Å². The molecule has 5 rings (SSSR count). The minimum atomic E-state index is -0.615. The highest BCUT2D eigenvalue weighted by molar-refractivity contribution is 7.13. The number of aromatic nitrogens is 3. The molecule has 1 aliphatic rings. The molecule has 1 fully saturated rings. The molecule has 11 heteroatoms. The Morgan fingerprint density at radius 2 is 1.97 bits per heavy atom.